The van der Waals surface area contributed by atoms with E-state index in [0.717, 1.165) is 4.90 Å². The maximum Gasteiger partial charge on any atom is 0.253 e. The quantitative estimate of drug-likeness (QED) is 0.620. The van der Waals surface area contributed by atoms with Crippen molar-refractivity contribution in [1.29, 1.82) is 0 Å². The fourth-order valence-corrected chi connectivity index (χ4v) is 2.13. The number of rotatable bonds is 3. The highest BCUT2D eigenvalue weighted by Crippen LogP contribution is 2.30. The van der Waals surface area contributed by atoms with Crippen LogP contribution in [0, 0.1) is 23.5 Å². The zero-order valence-corrected chi connectivity index (χ0v) is 10.3. The summed E-state index contributed by atoms with van der Waals surface area (Å²) in [4.78, 5) is 3.65. The van der Waals surface area contributed by atoms with Crippen molar-refractivity contribution in [2.24, 2.45) is 0 Å². The Labute approximate surface area is 106 Å². The van der Waals surface area contributed by atoms with Gasteiger partial charge in [-0.3, -0.25) is 0 Å². The molecule has 0 aromatic carbocycles. The second kappa shape index (κ2) is 5.30. The first kappa shape index (κ1) is 14.0. The fourth-order valence-electron chi connectivity index (χ4n) is 2.13. The average Bonchev–Trinajstić information content (AvgIpc) is 2.80. The first-order valence-corrected chi connectivity index (χ1v) is 5.50. The van der Waals surface area contributed by atoms with E-state index in [2.05, 4.69) is 4.98 Å². The lowest BCUT2D eigenvalue weighted by atomic mass is 10.3. The van der Waals surface area contributed by atoms with Gasteiger partial charge in [0.15, 0.2) is 0 Å². The molecule has 4 nitrogen and oxygen atoms in total. The predicted octanol–water partition coefficient (Wildman–Crippen LogP) is 1.49. The fraction of sp³-hybridized carbons (Fsp3) is 0.545. The molecule has 0 spiro atoms. The molecule has 0 radical (unpaired) electrons. The summed E-state index contributed by atoms with van der Waals surface area (Å²) < 4.78 is 63.5. The molecule has 2 unspecified atom stereocenters. The third-order valence-corrected chi connectivity index (χ3v) is 3.11. The number of nitrogens with zero attached hydrogens (tertiary/aromatic N) is 2. The molecule has 2 rings (SSSR count). The number of hydrogen-bond donors (Lipinski definition) is 0. The summed E-state index contributed by atoms with van der Waals surface area (Å²) in [5.74, 6) is -6.40. The molecule has 0 bridgehead atoms. The Morgan fingerprint density at radius 3 is 1.74 bits per heavy atom. The van der Waals surface area contributed by atoms with Crippen LogP contribution in [0.1, 0.15) is 0 Å². The van der Waals surface area contributed by atoms with Gasteiger partial charge < -0.3 is 14.4 Å². The van der Waals surface area contributed by atoms with Gasteiger partial charge in [0.05, 0.1) is 0 Å². The molecule has 2 heterocycles. The Balaban J connectivity index is 2.38. The molecule has 1 aromatic heterocycles. The van der Waals surface area contributed by atoms with Crippen LogP contribution in [0.15, 0.2) is 0 Å². The van der Waals surface area contributed by atoms with E-state index in [1.807, 2.05) is 0 Å². The van der Waals surface area contributed by atoms with Crippen molar-refractivity contribution in [3.8, 4) is 0 Å². The topological polar surface area (TPSA) is 34.6 Å². The summed E-state index contributed by atoms with van der Waals surface area (Å²) in [7, 11) is 2.83. The summed E-state index contributed by atoms with van der Waals surface area (Å²) in [6.45, 7) is 0.122. The molecule has 0 amide bonds. The molecule has 1 fully saturated rings. The van der Waals surface area contributed by atoms with Crippen LogP contribution >= 0.6 is 0 Å². The van der Waals surface area contributed by atoms with Gasteiger partial charge in [0.1, 0.15) is 17.9 Å². The standard InChI is InChI=1S/C11H12F4N2O2/c1-18-5-3-17(4-6(5)19-2)9-7(12)10(14)16-11(15)8(9)13/h5-6H,3-4H2,1-2H3. The lowest BCUT2D eigenvalue weighted by Crippen LogP contribution is -2.27. The van der Waals surface area contributed by atoms with Crippen LogP contribution in [-0.4, -0.2) is 44.5 Å². The zero-order chi connectivity index (χ0) is 14.2. The van der Waals surface area contributed by atoms with Gasteiger partial charge in [0.2, 0.25) is 11.6 Å². The van der Waals surface area contributed by atoms with Crippen molar-refractivity contribution in [2.75, 3.05) is 32.2 Å². The van der Waals surface area contributed by atoms with Crippen molar-refractivity contribution in [1.82, 2.24) is 4.98 Å². The number of pyridine rings is 1. The van der Waals surface area contributed by atoms with Crippen LogP contribution in [0.25, 0.3) is 0 Å². The highest BCUT2D eigenvalue weighted by molar-refractivity contribution is 5.50. The molecule has 1 saturated heterocycles. The molecule has 106 valence electrons. The molecule has 0 saturated carbocycles. The van der Waals surface area contributed by atoms with E-state index in [1.54, 1.807) is 0 Å². The maximum atomic E-state index is 13.6. The van der Waals surface area contributed by atoms with E-state index in [4.69, 9.17) is 9.47 Å². The monoisotopic (exact) mass is 280 g/mol. The molecule has 19 heavy (non-hydrogen) atoms. The van der Waals surface area contributed by atoms with Crippen LogP contribution in [0.4, 0.5) is 23.2 Å². The summed E-state index contributed by atoms with van der Waals surface area (Å²) in [6.07, 6.45) is -0.883. The summed E-state index contributed by atoms with van der Waals surface area (Å²) in [6, 6.07) is 0. The summed E-state index contributed by atoms with van der Waals surface area (Å²) >= 11 is 0. The molecule has 0 N–H and O–H groups in total. The minimum absolute atomic E-state index is 0.0612. The van der Waals surface area contributed by atoms with Gasteiger partial charge in [-0.15, -0.1) is 0 Å². The third-order valence-electron chi connectivity index (χ3n) is 3.11. The Bertz CT molecular complexity index is 448. The van der Waals surface area contributed by atoms with E-state index in [1.165, 1.54) is 14.2 Å². The van der Waals surface area contributed by atoms with E-state index < -0.39 is 41.4 Å². The Morgan fingerprint density at radius 2 is 1.37 bits per heavy atom. The van der Waals surface area contributed by atoms with E-state index in [0.29, 0.717) is 0 Å². The molecule has 0 aliphatic carbocycles. The van der Waals surface area contributed by atoms with Gasteiger partial charge in [-0.25, -0.2) is 0 Å². The number of anilines is 1. The van der Waals surface area contributed by atoms with Crippen LogP contribution in [-0.2, 0) is 9.47 Å². The van der Waals surface area contributed by atoms with Gasteiger partial charge in [-0.05, 0) is 0 Å². The van der Waals surface area contributed by atoms with E-state index >= 15 is 0 Å². The molecular formula is C11H12F4N2O2. The van der Waals surface area contributed by atoms with E-state index in [9.17, 15) is 17.6 Å². The van der Waals surface area contributed by atoms with Crippen molar-refractivity contribution in [3.63, 3.8) is 0 Å². The predicted molar refractivity (Wildman–Crippen MR) is 57.9 cm³/mol. The largest absolute Gasteiger partial charge is 0.377 e. The Kier molecular flexibility index (Phi) is 3.91. The Morgan fingerprint density at radius 1 is 0.947 bits per heavy atom. The van der Waals surface area contributed by atoms with Crippen molar-refractivity contribution >= 4 is 5.69 Å². The molecule has 1 aliphatic rings. The van der Waals surface area contributed by atoms with Crippen LogP contribution in [0.2, 0.25) is 0 Å². The Hall–Kier alpha value is -1.41. The third kappa shape index (κ3) is 2.37. The van der Waals surface area contributed by atoms with Crippen LogP contribution in [0.5, 0.6) is 0 Å². The van der Waals surface area contributed by atoms with Crippen LogP contribution < -0.4 is 4.90 Å². The highest BCUT2D eigenvalue weighted by atomic mass is 19.2. The lowest BCUT2D eigenvalue weighted by molar-refractivity contribution is -0.00461. The number of aromatic nitrogens is 1. The van der Waals surface area contributed by atoms with Crippen molar-refractivity contribution < 1.29 is 27.0 Å². The SMILES string of the molecule is COC1CN(c2c(F)c(F)nc(F)c2F)CC1OC. The van der Waals surface area contributed by atoms with Crippen LogP contribution in [0.3, 0.4) is 0 Å². The number of halogens is 4. The second-order valence-electron chi connectivity index (χ2n) is 4.12. The number of methoxy groups -OCH3 is 2. The average molecular weight is 280 g/mol. The van der Waals surface area contributed by atoms with Gasteiger partial charge in [-0.2, -0.15) is 22.5 Å². The maximum absolute atomic E-state index is 13.6. The van der Waals surface area contributed by atoms with E-state index in [-0.39, 0.29) is 13.1 Å². The molecule has 2 atom stereocenters. The molecule has 8 heteroatoms. The normalized spacial score (nSPS) is 23.2. The molecule has 1 aliphatic heterocycles. The van der Waals surface area contributed by atoms with Gasteiger partial charge >= 0.3 is 0 Å². The van der Waals surface area contributed by atoms with Gasteiger partial charge in [-0.1, -0.05) is 0 Å². The summed E-state index contributed by atoms with van der Waals surface area (Å²) in [5, 5.41) is 0. The summed E-state index contributed by atoms with van der Waals surface area (Å²) in [5.41, 5.74) is -0.786. The first-order chi connectivity index (χ1) is 8.99. The number of ether oxygens (including phenoxy) is 2. The van der Waals surface area contributed by atoms with Crippen molar-refractivity contribution in [2.45, 2.75) is 12.2 Å². The van der Waals surface area contributed by atoms with Gasteiger partial charge in [0, 0.05) is 27.3 Å². The molecular weight excluding hydrogens is 268 g/mol. The zero-order valence-electron chi connectivity index (χ0n) is 10.3. The van der Waals surface area contributed by atoms with Gasteiger partial charge in [0.25, 0.3) is 11.9 Å². The smallest absolute Gasteiger partial charge is 0.253 e. The van der Waals surface area contributed by atoms with Crippen molar-refractivity contribution in [3.05, 3.63) is 23.5 Å². The second-order valence-corrected chi connectivity index (χ2v) is 4.12. The highest BCUT2D eigenvalue weighted by Gasteiger charge is 2.37. The minimum Gasteiger partial charge on any atom is -0.377 e. The lowest BCUT2D eigenvalue weighted by Gasteiger charge is -2.19. The first-order valence-electron chi connectivity index (χ1n) is 5.50. The number of hydrogen-bond acceptors (Lipinski definition) is 4. The molecule has 1 aromatic rings. The minimum atomic E-state index is -1.68.